The molecule has 3 heterocycles. The van der Waals surface area contributed by atoms with Gasteiger partial charge in [0.15, 0.2) is 0 Å². The molecule has 0 fully saturated rings. The van der Waals surface area contributed by atoms with Crippen molar-refractivity contribution >= 4 is 11.7 Å². The normalized spacial score (nSPS) is 16.1. The van der Waals surface area contributed by atoms with E-state index in [1.165, 1.54) is 10.1 Å². The monoisotopic (exact) mass is 309 g/mol. The third kappa shape index (κ3) is 2.50. The number of hydrogen-bond acceptors (Lipinski definition) is 5. The Morgan fingerprint density at radius 1 is 1.39 bits per heavy atom. The molecule has 1 amide bonds. The zero-order chi connectivity index (χ0) is 15.8. The molecule has 1 aromatic carbocycles. The van der Waals surface area contributed by atoms with E-state index in [-0.39, 0.29) is 17.8 Å². The zero-order valence-electron chi connectivity index (χ0n) is 12.6. The Labute approximate surface area is 132 Å². The third-order valence-corrected chi connectivity index (χ3v) is 3.85. The number of fused-ring (bicyclic) bond motifs is 2. The minimum Gasteiger partial charge on any atom is -0.488 e. The van der Waals surface area contributed by atoms with Crippen LogP contribution in [0.3, 0.4) is 0 Å². The molecule has 0 saturated carbocycles. The van der Waals surface area contributed by atoms with Crippen molar-refractivity contribution in [2.45, 2.75) is 12.5 Å². The Morgan fingerprint density at radius 3 is 3.09 bits per heavy atom. The van der Waals surface area contributed by atoms with Crippen LogP contribution in [-0.4, -0.2) is 50.1 Å². The summed E-state index contributed by atoms with van der Waals surface area (Å²) in [7, 11) is 1.73. The van der Waals surface area contributed by atoms with Gasteiger partial charge in [-0.1, -0.05) is 18.2 Å². The number of para-hydroxylation sites is 1. The number of aromatic nitrogens is 4. The van der Waals surface area contributed by atoms with Crippen molar-refractivity contribution in [1.29, 1.82) is 0 Å². The highest BCUT2D eigenvalue weighted by Crippen LogP contribution is 2.28. The topological polar surface area (TPSA) is 72.6 Å². The molecular weight excluding hydrogens is 294 g/mol. The molecule has 1 aliphatic rings. The van der Waals surface area contributed by atoms with Gasteiger partial charge in [-0.05, 0) is 17.7 Å². The van der Waals surface area contributed by atoms with E-state index in [1.54, 1.807) is 30.4 Å². The third-order valence-electron chi connectivity index (χ3n) is 3.85. The molecule has 0 N–H and O–H groups in total. The Kier molecular flexibility index (Phi) is 3.18. The van der Waals surface area contributed by atoms with E-state index >= 15 is 0 Å². The first-order valence-electron chi connectivity index (χ1n) is 7.38. The van der Waals surface area contributed by atoms with Crippen LogP contribution >= 0.6 is 0 Å². The molecule has 0 radical (unpaired) electrons. The van der Waals surface area contributed by atoms with Crippen molar-refractivity contribution < 1.29 is 9.53 Å². The summed E-state index contributed by atoms with van der Waals surface area (Å²) in [6.07, 6.45) is 4.08. The quantitative estimate of drug-likeness (QED) is 0.727. The molecular formula is C16H15N5O2. The molecule has 3 aromatic rings. The molecule has 23 heavy (non-hydrogen) atoms. The molecule has 0 aliphatic carbocycles. The molecule has 0 bridgehead atoms. The number of likely N-dealkylation sites (N-methyl/N-ethyl adjacent to an activating group) is 1. The molecule has 0 unspecified atom stereocenters. The average Bonchev–Trinajstić information content (AvgIpc) is 3.16. The Morgan fingerprint density at radius 2 is 2.26 bits per heavy atom. The maximum Gasteiger partial charge on any atom is 0.293 e. The van der Waals surface area contributed by atoms with Crippen LogP contribution < -0.4 is 4.74 Å². The van der Waals surface area contributed by atoms with Gasteiger partial charge in [0.1, 0.15) is 11.9 Å². The fraction of sp³-hybridized carbons (Fsp3) is 0.250. The molecule has 7 nitrogen and oxygen atoms in total. The molecule has 1 atom stereocenters. The predicted molar refractivity (Wildman–Crippen MR) is 82.3 cm³/mol. The average molecular weight is 309 g/mol. The fourth-order valence-electron chi connectivity index (χ4n) is 2.74. The van der Waals surface area contributed by atoms with Gasteiger partial charge in [-0.25, -0.2) is 9.50 Å². The molecule has 2 aromatic heterocycles. The zero-order valence-corrected chi connectivity index (χ0v) is 12.6. The number of benzene rings is 1. The Balaban J connectivity index is 1.47. The number of hydrogen-bond donors (Lipinski definition) is 0. The standard InChI is InChI=1S/C16H15N5O2/c1-20(10-12-9-11-5-2-3-6-13(11)23-12)15(22)14-18-16-17-7-4-8-21(16)19-14/h2-8,12H,9-10H2,1H3/t12-/m1/s1. The highest BCUT2D eigenvalue weighted by molar-refractivity contribution is 5.90. The van der Waals surface area contributed by atoms with Crippen LogP contribution in [-0.2, 0) is 6.42 Å². The lowest BCUT2D eigenvalue weighted by atomic mass is 10.1. The van der Waals surface area contributed by atoms with Crippen molar-refractivity contribution in [3.05, 3.63) is 54.1 Å². The summed E-state index contributed by atoms with van der Waals surface area (Å²) in [5.41, 5.74) is 1.17. The van der Waals surface area contributed by atoms with Gasteiger partial charge in [0, 0.05) is 25.9 Å². The highest BCUT2D eigenvalue weighted by Gasteiger charge is 2.26. The maximum absolute atomic E-state index is 12.5. The first-order valence-corrected chi connectivity index (χ1v) is 7.38. The Bertz CT molecular complexity index is 818. The molecule has 7 heteroatoms. The smallest absolute Gasteiger partial charge is 0.293 e. The lowest BCUT2D eigenvalue weighted by Crippen LogP contribution is -2.36. The van der Waals surface area contributed by atoms with Crippen LogP contribution in [0.25, 0.3) is 5.78 Å². The summed E-state index contributed by atoms with van der Waals surface area (Å²) < 4.78 is 7.36. The molecule has 4 rings (SSSR count). The molecule has 0 spiro atoms. The Hall–Kier alpha value is -2.96. The number of nitrogens with zero attached hydrogens (tertiary/aromatic N) is 5. The van der Waals surface area contributed by atoms with E-state index in [4.69, 9.17) is 4.74 Å². The summed E-state index contributed by atoms with van der Waals surface area (Å²) in [6.45, 7) is 0.483. The number of carbonyl (C=O) groups excluding carboxylic acids is 1. The van der Waals surface area contributed by atoms with Crippen molar-refractivity contribution in [2.75, 3.05) is 13.6 Å². The summed E-state index contributed by atoms with van der Waals surface area (Å²) >= 11 is 0. The van der Waals surface area contributed by atoms with Crippen LogP contribution in [0.4, 0.5) is 0 Å². The van der Waals surface area contributed by atoms with Gasteiger partial charge < -0.3 is 9.64 Å². The van der Waals surface area contributed by atoms with Gasteiger partial charge in [0.05, 0.1) is 6.54 Å². The van der Waals surface area contributed by atoms with Crippen LogP contribution in [0.5, 0.6) is 5.75 Å². The number of amides is 1. The van der Waals surface area contributed by atoms with Crippen LogP contribution in [0.2, 0.25) is 0 Å². The first-order chi connectivity index (χ1) is 11.2. The van der Waals surface area contributed by atoms with E-state index in [1.807, 2.05) is 24.3 Å². The first kappa shape index (κ1) is 13.7. The van der Waals surface area contributed by atoms with Crippen molar-refractivity contribution in [3.8, 4) is 5.75 Å². The largest absolute Gasteiger partial charge is 0.488 e. The van der Waals surface area contributed by atoms with Gasteiger partial charge in [-0.15, -0.1) is 5.10 Å². The number of ether oxygens (including phenoxy) is 1. The SMILES string of the molecule is CN(C[C@H]1Cc2ccccc2O1)C(=O)c1nc2ncccn2n1. The second-order valence-electron chi connectivity index (χ2n) is 5.54. The van der Waals surface area contributed by atoms with Gasteiger partial charge in [-0.3, -0.25) is 4.79 Å². The second kappa shape index (κ2) is 5.35. The number of carbonyl (C=O) groups is 1. The maximum atomic E-state index is 12.5. The lowest BCUT2D eigenvalue weighted by molar-refractivity contribution is 0.0719. The van der Waals surface area contributed by atoms with E-state index in [2.05, 4.69) is 15.1 Å². The van der Waals surface area contributed by atoms with E-state index in [0.29, 0.717) is 12.3 Å². The van der Waals surface area contributed by atoms with Crippen LogP contribution in [0.15, 0.2) is 42.7 Å². The van der Waals surface area contributed by atoms with Gasteiger partial charge >= 0.3 is 0 Å². The van der Waals surface area contributed by atoms with E-state index in [9.17, 15) is 4.79 Å². The van der Waals surface area contributed by atoms with Crippen LogP contribution in [0, 0.1) is 0 Å². The van der Waals surface area contributed by atoms with Crippen molar-refractivity contribution in [3.63, 3.8) is 0 Å². The summed E-state index contributed by atoms with van der Waals surface area (Å²) in [4.78, 5) is 22.3. The van der Waals surface area contributed by atoms with Gasteiger partial charge in [-0.2, -0.15) is 4.98 Å². The van der Waals surface area contributed by atoms with Crippen molar-refractivity contribution in [1.82, 2.24) is 24.5 Å². The van der Waals surface area contributed by atoms with E-state index < -0.39 is 0 Å². The molecule has 1 aliphatic heterocycles. The van der Waals surface area contributed by atoms with Gasteiger partial charge in [0.2, 0.25) is 5.82 Å². The summed E-state index contributed by atoms with van der Waals surface area (Å²) in [6, 6.07) is 9.68. The highest BCUT2D eigenvalue weighted by atomic mass is 16.5. The molecule has 0 saturated heterocycles. The molecule has 116 valence electrons. The minimum atomic E-state index is -0.241. The summed E-state index contributed by atoms with van der Waals surface area (Å²) in [5, 5.41) is 4.16. The minimum absolute atomic E-state index is 0.0449. The van der Waals surface area contributed by atoms with Crippen molar-refractivity contribution in [2.24, 2.45) is 0 Å². The summed E-state index contributed by atoms with van der Waals surface area (Å²) in [5.74, 6) is 1.21. The van der Waals surface area contributed by atoms with Crippen LogP contribution in [0.1, 0.15) is 16.2 Å². The van der Waals surface area contributed by atoms with E-state index in [0.717, 1.165) is 12.2 Å². The fourth-order valence-corrected chi connectivity index (χ4v) is 2.74. The van der Waals surface area contributed by atoms with Gasteiger partial charge in [0.25, 0.3) is 11.7 Å². The predicted octanol–water partition coefficient (Wildman–Crippen LogP) is 1.20. The number of rotatable bonds is 3. The lowest BCUT2D eigenvalue weighted by Gasteiger charge is -2.19. The second-order valence-corrected chi connectivity index (χ2v) is 5.54.